The Hall–Kier alpha value is -2.14. The van der Waals surface area contributed by atoms with Crippen molar-refractivity contribution in [1.82, 2.24) is 5.32 Å². The molecule has 2 aromatic carbocycles. The number of sulfone groups is 1. The van der Waals surface area contributed by atoms with Crippen LogP contribution in [0.2, 0.25) is 0 Å². The van der Waals surface area contributed by atoms with E-state index in [4.69, 9.17) is 0 Å². The minimum absolute atomic E-state index is 0.0431. The van der Waals surface area contributed by atoms with Gasteiger partial charge in [-0.2, -0.15) is 0 Å². The Morgan fingerprint density at radius 1 is 0.960 bits per heavy atom. The van der Waals surface area contributed by atoms with Crippen LogP contribution in [0.25, 0.3) is 0 Å². The van der Waals surface area contributed by atoms with Crippen LogP contribution in [0.1, 0.15) is 42.5 Å². The highest BCUT2D eigenvalue weighted by atomic mass is 32.2. The number of rotatable bonds is 7. The van der Waals surface area contributed by atoms with Crippen molar-refractivity contribution in [2.24, 2.45) is 0 Å². The van der Waals surface area contributed by atoms with Gasteiger partial charge in [0, 0.05) is 6.42 Å². The molecule has 0 saturated carbocycles. The van der Waals surface area contributed by atoms with Crippen LogP contribution in [-0.4, -0.2) is 20.1 Å². The van der Waals surface area contributed by atoms with E-state index in [0.717, 1.165) is 23.1 Å². The van der Waals surface area contributed by atoms with E-state index >= 15 is 0 Å². The highest BCUT2D eigenvalue weighted by Gasteiger charge is 2.18. The molecular formula is C20H25NO3S. The van der Waals surface area contributed by atoms with Crippen LogP contribution in [0.5, 0.6) is 0 Å². The molecule has 2 rings (SSSR count). The molecule has 1 amide bonds. The third-order valence-electron chi connectivity index (χ3n) is 4.20. The predicted octanol–water partition coefficient (Wildman–Crippen LogP) is 3.73. The maximum Gasteiger partial charge on any atom is 0.221 e. The zero-order valence-corrected chi connectivity index (χ0v) is 15.8. The first-order valence-corrected chi connectivity index (χ1v) is 10.1. The van der Waals surface area contributed by atoms with Crippen molar-refractivity contribution < 1.29 is 13.2 Å². The SMILES string of the molecule is CC[C@@H](NC(=O)CCS(=O)(=O)c1ccc(C)cc1)c1ccc(C)cc1. The molecule has 0 aliphatic heterocycles. The topological polar surface area (TPSA) is 63.2 Å². The molecule has 25 heavy (non-hydrogen) atoms. The molecule has 0 aliphatic rings. The van der Waals surface area contributed by atoms with Crippen LogP contribution in [0, 0.1) is 13.8 Å². The van der Waals surface area contributed by atoms with Gasteiger partial charge in [-0.25, -0.2) is 8.42 Å². The zero-order chi connectivity index (χ0) is 18.4. The lowest BCUT2D eigenvalue weighted by molar-refractivity contribution is -0.121. The second-order valence-corrected chi connectivity index (χ2v) is 8.43. The van der Waals surface area contributed by atoms with Gasteiger partial charge in [-0.3, -0.25) is 4.79 Å². The first kappa shape index (κ1) is 19.2. The average Bonchev–Trinajstić information content (AvgIpc) is 2.59. The Kier molecular flexibility index (Phi) is 6.37. The van der Waals surface area contributed by atoms with Crippen molar-refractivity contribution >= 4 is 15.7 Å². The van der Waals surface area contributed by atoms with Gasteiger partial charge in [0.2, 0.25) is 5.91 Å². The number of hydrogen-bond donors (Lipinski definition) is 1. The Bertz CT molecular complexity index is 809. The van der Waals surface area contributed by atoms with Gasteiger partial charge in [0.25, 0.3) is 0 Å². The lowest BCUT2D eigenvalue weighted by atomic mass is 10.0. The van der Waals surface area contributed by atoms with Crippen LogP contribution < -0.4 is 5.32 Å². The number of aryl methyl sites for hydroxylation is 2. The summed E-state index contributed by atoms with van der Waals surface area (Å²) in [5.74, 6) is -0.435. The summed E-state index contributed by atoms with van der Waals surface area (Å²) in [7, 11) is -3.45. The quantitative estimate of drug-likeness (QED) is 0.819. The monoisotopic (exact) mass is 359 g/mol. The molecule has 0 bridgehead atoms. The molecule has 1 N–H and O–H groups in total. The number of benzene rings is 2. The van der Waals surface area contributed by atoms with Gasteiger partial charge >= 0.3 is 0 Å². The van der Waals surface area contributed by atoms with E-state index in [1.807, 2.05) is 45.0 Å². The summed E-state index contributed by atoms with van der Waals surface area (Å²) in [6.07, 6.45) is 0.706. The van der Waals surface area contributed by atoms with Crippen molar-refractivity contribution in [2.75, 3.05) is 5.75 Å². The average molecular weight is 359 g/mol. The van der Waals surface area contributed by atoms with E-state index in [0.29, 0.717) is 0 Å². The van der Waals surface area contributed by atoms with Gasteiger partial charge in [-0.15, -0.1) is 0 Å². The van der Waals surface area contributed by atoms with E-state index in [1.54, 1.807) is 24.3 Å². The molecule has 4 nitrogen and oxygen atoms in total. The largest absolute Gasteiger partial charge is 0.349 e. The number of amides is 1. The Morgan fingerprint density at radius 3 is 2.00 bits per heavy atom. The van der Waals surface area contributed by atoms with E-state index < -0.39 is 9.84 Å². The third kappa shape index (κ3) is 5.43. The van der Waals surface area contributed by atoms with Gasteiger partial charge < -0.3 is 5.32 Å². The molecule has 0 unspecified atom stereocenters. The normalized spacial score (nSPS) is 12.6. The van der Waals surface area contributed by atoms with Crippen LogP contribution in [0.3, 0.4) is 0 Å². The van der Waals surface area contributed by atoms with Crippen molar-refractivity contribution in [1.29, 1.82) is 0 Å². The Labute approximate surface area is 150 Å². The molecule has 134 valence electrons. The summed E-state index contributed by atoms with van der Waals surface area (Å²) in [5.41, 5.74) is 3.19. The fourth-order valence-corrected chi connectivity index (χ4v) is 3.82. The maximum absolute atomic E-state index is 12.3. The van der Waals surface area contributed by atoms with E-state index in [-0.39, 0.29) is 29.0 Å². The molecule has 0 fully saturated rings. The van der Waals surface area contributed by atoms with Crippen molar-refractivity contribution in [3.8, 4) is 0 Å². The number of carbonyl (C=O) groups is 1. The Balaban J connectivity index is 1.97. The van der Waals surface area contributed by atoms with Gasteiger partial charge in [0.1, 0.15) is 0 Å². The molecule has 0 aliphatic carbocycles. The molecular weight excluding hydrogens is 334 g/mol. The fourth-order valence-electron chi connectivity index (χ4n) is 2.58. The minimum atomic E-state index is -3.45. The first-order chi connectivity index (χ1) is 11.8. The maximum atomic E-state index is 12.3. The molecule has 2 aromatic rings. The lowest BCUT2D eigenvalue weighted by Gasteiger charge is -2.17. The van der Waals surface area contributed by atoms with E-state index in [1.165, 1.54) is 0 Å². The van der Waals surface area contributed by atoms with Crippen LogP contribution in [0.15, 0.2) is 53.4 Å². The lowest BCUT2D eigenvalue weighted by Crippen LogP contribution is -2.29. The van der Waals surface area contributed by atoms with Crippen LogP contribution in [-0.2, 0) is 14.6 Å². The third-order valence-corrected chi connectivity index (χ3v) is 5.93. The standard InChI is InChI=1S/C20H25NO3S/c1-4-19(17-9-5-15(2)6-10-17)21-20(22)13-14-25(23,24)18-11-7-16(3)8-12-18/h5-12,19H,4,13-14H2,1-3H3,(H,21,22)/t19-/m1/s1. The summed E-state index contributed by atoms with van der Waals surface area (Å²) in [6.45, 7) is 5.91. The first-order valence-electron chi connectivity index (χ1n) is 8.47. The summed E-state index contributed by atoms with van der Waals surface area (Å²) < 4.78 is 24.7. The zero-order valence-electron chi connectivity index (χ0n) is 15.0. The van der Waals surface area contributed by atoms with Crippen LogP contribution in [0.4, 0.5) is 0 Å². The molecule has 0 radical (unpaired) electrons. The predicted molar refractivity (Wildman–Crippen MR) is 100 cm³/mol. The smallest absolute Gasteiger partial charge is 0.221 e. The van der Waals surface area contributed by atoms with Crippen molar-refractivity contribution in [2.45, 2.75) is 44.6 Å². The van der Waals surface area contributed by atoms with Gasteiger partial charge in [0.15, 0.2) is 9.84 Å². The fraction of sp³-hybridized carbons (Fsp3) is 0.350. The molecule has 0 saturated heterocycles. The summed E-state index contributed by atoms with van der Waals surface area (Å²) >= 11 is 0. The molecule has 0 aromatic heterocycles. The van der Waals surface area contributed by atoms with Crippen molar-refractivity contribution in [3.05, 3.63) is 65.2 Å². The second-order valence-electron chi connectivity index (χ2n) is 6.32. The van der Waals surface area contributed by atoms with Crippen molar-refractivity contribution in [3.63, 3.8) is 0 Å². The number of hydrogen-bond acceptors (Lipinski definition) is 3. The summed E-state index contributed by atoms with van der Waals surface area (Å²) in [4.78, 5) is 12.5. The van der Waals surface area contributed by atoms with Gasteiger partial charge in [-0.05, 0) is 38.0 Å². The minimum Gasteiger partial charge on any atom is -0.349 e. The van der Waals surface area contributed by atoms with Gasteiger partial charge in [-0.1, -0.05) is 54.4 Å². The molecule has 5 heteroatoms. The molecule has 0 heterocycles. The number of nitrogens with one attached hydrogen (secondary N) is 1. The Morgan fingerprint density at radius 2 is 1.48 bits per heavy atom. The highest BCUT2D eigenvalue weighted by molar-refractivity contribution is 7.91. The highest BCUT2D eigenvalue weighted by Crippen LogP contribution is 2.18. The van der Waals surface area contributed by atoms with E-state index in [9.17, 15) is 13.2 Å². The number of carbonyl (C=O) groups excluding carboxylic acids is 1. The van der Waals surface area contributed by atoms with Crippen LogP contribution >= 0.6 is 0 Å². The summed E-state index contributed by atoms with van der Waals surface area (Å²) in [6, 6.07) is 14.6. The molecule has 0 spiro atoms. The summed E-state index contributed by atoms with van der Waals surface area (Å²) in [5, 5.41) is 2.93. The van der Waals surface area contributed by atoms with E-state index in [2.05, 4.69) is 5.32 Å². The van der Waals surface area contributed by atoms with Gasteiger partial charge in [0.05, 0.1) is 16.7 Å². The molecule has 1 atom stereocenters. The second kappa shape index (κ2) is 8.30.